The van der Waals surface area contributed by atoms with Crippen LogP contribution in [0.3, 0.4) is 0 Å². The van der Waals surface area contributed by atoms with E-state index in [1.54, 1.807) is 18.9 Å². The highest BCUT2D eigenvalue weighted by atomic mass is 32.2. The van der Waals surface area contributed by atoms with Crippen molar-refractivity contribution in [3.05, 3.63) is 6.26 Å². The van der Waals surface area contributed by atoms with Gasteiger partial charge < -0.3 is 4.74 Å². The summed E-state index contributed by atoms with van der Waals surface area (Å²) in [7, 11) is 1.72. The average Bonchev–Trinajstić information content (AvgIpc) is 1.69. The van der Waals surface area contributed by atoms with Crippen LogP contribution in [-0.2, 0) is 4.74 Å². The third kappa shape index (κ3) is 6.31. The van der Waals surface area contributed by atoms with Gasteiger partial charge in [-0.15, -0.1) is 0 Å². The Balaban J connectivity index is 2.45. The van der Waals surface area contributed by atoms with Gasteiger partial charge in [0.1, 0.15) is 0 Å². The molecule has 0 aromatic carbocycles. The van der Waals surface area contributed by atoms with Crippen LogP contribution in [-0.4, -0.2) is 19.5 Å². The van der Waals surface area contributed by atoms with Crippen molar-refractivity contribution >= 4 is 11.8 Å². The quantitative estimate of drug-likeness (QED) is 0.519. The van der Waals surface area contributed by atoms with E-state index in [4.69, 9.17) is 4.74 Å². The van der Waals surface area contributed by atoms with Crippen LogP contribution in [0.4, 0.5) is 0 Å². The average molecular weight is 119 g/mol. The minimum atomic E-state index is 0.864. The summed E-state index contributed by atoms with van der Waals surface area (Å²) in [5.41, 5.74) is 0. The Bertz CT molecular complexity index is 27.3. The Labute approximate surface area is 49.4 Å². The highest BCUT2D eigenvalue weighted by Crippen LogP contribution is 1.96. The first-order valence-electron chi connectivity index (χ1n) is 2.27. The highest BCUT2D eigenvalue weighted by molar-refractivity contribution is 8.00. The summed E-state index contributed by atoms with van der Waals surface area (Å²) in [6.07, 6.45) is 4.73. The van der Waals surface area contributed by atoms with E-state index < -0.39 is 0 Å². The molecule has 0 aromatic rings. The van der Waals surface area contributed by atoms with Crippen molar-refractivity contribution in [2.75, 3.05) is 19.5 Å². The van der Waals surface area contributed by atoms with Gasteiger partial charge in [-0.3, -0.25) is 0 Å². The van der Waals surface area contributed by atoms with Crippen LogP contribution in [0, 0.1) is 6.26 Å². The van der Waals surface area contributed by atoms with Gasteiger partial charge in [0.25, 0.3) is 0 Å². The molecule has 0 atom stereocenters. The van der Waals surface area contributed by atoms with Crippen LogP contribution in [0.2, 0.25) is 0 Å². The van der Waals surface area contributed by atoms with Crippen molar-refractivity contribution in [1.82, 2.24) is 0 Å². The van der Waals surface area contributed by atoms with E-state index in [1.807, 2.05) is 0 Å². The molecule has 0 bridgehead atoms. The number of rotatable bonds is 4. The fourth-order valence-electron chi connectivity index (χ4n) is 0.305. The van der Waals surface area contributed by atoms with Crippen LogP contribution in [0.25, 0.3) is 0 Å². The molecule has 43 valence electrons. The standard InChI is InChI=1S/C5H11OS/c1-6-4-3-5-7-2/h2-5H2,1H3. The Morgan fingerprint density at radius 1 is 1.71 bits per heavy atom. The fourth-order valence-corrected chi connectivity index (χ4v) is 0.627. The molecule has 0 fully saturated rings. The van der Waals surface area contributed by atoms with Gasteiger partial charge in [0, 0.05) is 20.0 Å². The molecular weight excluding hydrogens is 108 g/mol. The molecule has 0 aliphatic heterocycles. The normalized spacial score (nSPS) is 9.43. The Hall–Kier alpha value is 0.310. The molecule has 0 rings (SSSR count). The first kappa shape index (κ1) is 7.31. The molecule has 0 spiro atoms. The highest BCUT2D eigenvalue weighted by Gasteiger charge is 1.80. The topological polar surface area (TPSA) is 9.23 Å². The lowest BCUT2D eigenvalue weighted by atomic mass is 10.5. The van der Waals surface area contributed by atoms with E-state index in [0.717, 1.165) is 18.8 Å². The third-order valence-electron chi connectivity index (χ3n) is 0.637. The molecule has 1 radical (unpaired) electrons. The van der Waals surface area contributed by atoms with Gasteiger partial charge in [0.05, 0.1) is 0 Å². The monoisotopic (exact) mass is 119 g/mol. The first-order chi connectivity index (χ1) is 3.41. The van der Waals surface area contributed by atoms with Gasteiger partial charge in [-0.05, 0) is 12.2 Å². The van der Waals surface area contributed by atoms with E-state index in [1.165, 1.54) is 0 Å². The van der Waals surface area contributed by atoms with Crippen molar-refractivity contribution in [3.8, 4) is 0 Å². The summed E-state index contributed by atoms with van der Waals surface area (Å²) in [5.74, 6) is 1.10. The van der Waals surface area contributed by atoms with Gasteiger partial charge in [-0.2, -0.15) is 11.8 Å². The third-order valence-corrected chi connectivity index (χ3v) is 1.21. The van der Waals surface area contributed by atoms with Gasteiger partial charge in [-0.25, -0.2) is 0 Å². The molecule has 0 aromatic heterocycles. The van der Waals surface area contributed by atoms with Crippen molar-refractivity contribution in [1.29, 1.82) is 0 Å². The van der Waals surface area contributed by atoms with Gasteiger partial charge in [0.15, 0.2) is 0 Å². The van der Waals surface area contributed by atoms with E-state index in [2.05, 4.69) is 6.26 Å². The first-order valence-corrected chi connectivity index (χ1v) is 3.43. The molecule has 0 aliphatic rings. The van der Waals surface area contributed by atoms with Crippen molar-refractivity contribution in [3.63, 3.8) is 0 Å². The maximum Gasteiger partial charge on any atom is 0.0470 e. The molecule has 7 heavy (non-hydrogen) atoms. The largest absolute Gasteiger partial charge is 0.385 e. The van der Waals surface area contributed by atoms with Crippen LogP contribution < -0.4 is 0 Å². The van der Waals surface area contributed by atoms with Crippen LogP contribution >= 0.6 is 11.8 Å². The lowest BCUT2D eigenvalue weighted by molar-refractivity contribution is 0.200. The second-order valence-corrected chi connectivity index (χ2v) is 2.07. The van der Waals surface area contributed by atoms with Crippen LogP contribution in [0.1, 0.15) is 6.42 Å². The molecule has 0 aliphatic carbocycles. The van der Waals surface area contributed by atoms with E-state index in [9.17, 15) is 0 Å². The zero-order chi connectivity index (χ0) is 5.54. The minimum Gasteiger partial charge on any atom is -0.385 e. The maximum atomic E-state index is 4.80. The molecule has 0 heterocycles. The molecule has 0 unspecified atom stereocenters. The van der Waals surface area contributed by atoms with Crippen molar-refractivity contribution in [2.24, 2.45) is 0 Å². The summed E-state index contributed by atoms with van der Waals surface area (Å²) in [6, 6.07) is 0. The number of hydrogen-bond acceptors (Lipinski definition) is 2. The zero-order valence-electron chi connectivity index (χ0n) is 4.64. The number of ether oxygens (including phenoxy) is 1. The zero-order valence-corrected chi connectivity index (χ0v) is 5.46. The van der Waals surface area contributed by atoms with Gasteiger partial charge in [0.2, 0.25) is 0 Å². The SMILES string of the molecule is [CH2]SCCCOC. The molecule has 0 amide bonds. The maximum absolute atomic E-state index is 4.80. The predicted molar refractivity (Wildman–Crippen MR) is 34.3 cm³/mol. The Morgan fingerprint density at radius 2 is 2.43 bits per heavy atom. The Morgan fingerprint density at radius 3 is 2.86 bits per heavy atom. The number of hydrogen-bond donors (Lipinski definition) is 0. The molecule has 2 heteroatoms. The lowest BCUT2D eigenvalue weighted by Crippen LogP contribution is -1.88. The summed E-state index contributed by atoms with van der Waals surface area (Å²) < 4.78 is 4.80. The smallest absolute Gasteiger partial charge is 0.0470 e. The molecule has 0 saturated heterocycles. The number of thioether (sulfide) groups is 1. The second kappa shape index (κ2) is 6.31. The molecule has 0 saturated carbocycles. The molecular formula is C5H11OS. The molecule has 0 N–H and O–H groups in total. The van der Waals surface area contributed by atoms with E-state index >= 15 is 0 Å². The second-order valence-electron chi connectivity index (χ2n) is 1.25. The fraction of sp³-hybridized carbons (Fsp3) is 0.800. The minimum absolute atomic E-state index is 0.864. The van der Waals surface area contributed by atoms with E-state index in [0.29, 0.717) is 0 Å². The van der Waals surface area contributed by atoms with Gasteiger partial charge in [-0.1, -0.05) is 0 Å². The summed E-state index contributed by atoms with van der Waals surface area (Å²) in [4.78, 5) is 0. The van der Waals surface area contributed by atoms with Crippen LogP contribution in [0.5, 0.6) is 0 Å². The van der Waals surface area contributed by atoms with Crippen molar-refractivity contribution < 1.29 is 4.74 Å². The van der Waals surface area contributed by atoms with Gasteiger partial charge >= 0.3 is 0 Å². The van der Waals surface area contributed by atoms with E-state index in [-0.39, 0.29) is 0 Å². The Kier molecular flexibility index (Phi) is 6.59. The summed E-state index contributed by atoms with van der Waals surface area (Å²) in [6.45, 7) is 0.864. The number of methoxy groups -OCH3 is 1. The van der Waals surface area contributed by atoms with Crippen LogP contribution in [0.15, 0.2) is 0 Å². The summed E-state index contributed by atoms with van der Waals surface area (Å²) >= 11 is 1.61. The lowest BCUT2D eigenvalue weighted by Gasteiger charge is -1.92. The van der Waals surface area contributed by atoms with Crippen molar-refractivity contribution in [2.45, 2.75) is 6.42 Å². The molecule has 1 nitrogen and oxygen atoms in total. The summed E-state index contributed by atoms with van der Waals surface area (Å²) in [5, 5.41) is 0. The predicted octanol–water partition coefficient (Wildman–Crippen LogP) is 1.55.